The van der Waals surface area contributed by atoms with Crippen LogP contribution in [-0.4, -0.2) is 30.1 Å². The van der Waals surface area contributed by atoms with Crippen molar-refractivity contribution in [1.29, 1.82) is 0 Å². The molecule has 1 aromatic carbocycles. The van der Waals surface area contributed by atoms with Gasteiger partial charge in [-0.25, -0.2) is 4.39 Å². The van der Waals surface area contributed by atoms with Crippen molar-refractivity contribution in [3.8, 4) is 0 Å². The molecular formula is C20H23FN2O2. The zero-order valence-electron chi connectivity index (χ0n) is 14.2. The second-order valence-electron chi connectivity index (χ2n) is 6.51. The van der Waals surface area contributed by atoms with Crippen molar-refractivity contribution in [1.82, 2.24) is 10.3 Å². The largest absolute Gasteiger partial charge is 0.379 e. The molecule has 1 fully saturated rings. The molecule has 1 aliphatic heterocycles. The average molecular weight is 342 g/mol. The minimum atomic E-state index is -0.233. The normalized spacial score (nSPS) is 19.7. The summed E-state index contributed by atoms with van der Waals surface area (Å²) in [5.41, 5.74) is 2.26. The first-order valence-corrected chi connectivity index (χ1v) is 8.71. The summed E-state index contributed by atoms with van der Waals surface area (Å²) in [4.78, 5) is 16.2. The fraction of sp³-hybridized carbons (Fsp3) is 0.400. The maximum absolute atomic E-state index is 12.9. The summed E-state index contributed by atoms with van der Waals surface area (Å²) in [7, 11) is 0. The molecule has 5 heteroatoms. The molecule has 1 amide bonds. The van der Waals surface area contributed by atoms with Gasteiger partial charge >= 0.3 is 0 Å². The fourth-order valence-corrected chi connectivity index (χ4v) is 3.16. The molecule has 2 aromatic rings. The molecule has 0 radical (unpaired) electrons. The summed E-state index contributed by atoms with van der Waals surface area (Å²) < 4.78 is 18.4. The lowest BCUT2D eigenvalue weighted by atomic mass is 9.95. The third kappa shape index (κ3) is 5.36. The molecule has 0 bridgehead atoms. The Morgan fingerprint density at radius 1 is 1.12 bits per heavy atom. The molecule has 25 heavy (non-hydrogen) atoms. The Morgan fingerprint density at radius 2 is 1.88 bits per heavy atom. The standard InChI is InChI=1S/C20H23FN2O2/c21-18-6-4-15(5-7-18)2-1-3-20(24)23-19-14-25-13-17(19)12-16-8-10-22-11-9-16/h4-11,17,19H,1-3,12-14H2,(H,23,24)/t17-,19-/m1/s1. The Hall–Kier alpha value is -2.27. The molecule has 4 nitrogen and oxygen atoms in total. The van der Waals surface area contributed by atoms with Crippen LogP contribution in [0.5, 0.6) is 0 Å². The van der Waals surface area contributed by atoms with E-state index < -0.39 is 0 Å². The van der Waals surface area contributed by atoms with Crippen molar-refractivity contribution in [3.05, 3.63) is 65.7 Å². The molecule has 2 atom stereocenters. The minimum Gasteiger partial charge on any atom is -0.379 e. The number of rotatable bonds is 7. The Balaban J connectivity index is 1.42. The topological polar surface area (TPSA) is 51.2 Å². The van der Waals surface area contributed by atoms with Gasteiger partial charge in [0.25, 0.3) is 0 Å². The van der Waals surface area contributed by atoms with E-state index in [0.717, 1.165) is 24.8 Å². The van der Waals surface area contributed by atoms with Gasteiger partial charge in [-0.3, -0.25) is 9.78 Å². The molecule has 2 heterocycles. The summed E-state index contributed by atoms with van der Waals surface area (Å²) in [5.74, 6) is 0.115. The summed E-state index contributed by atoms with van der Waals surface area (Å²) >= 11 is 0. The highest BCUT2D eigenvalue weighted by atomic mass is 19.1. The van der Waals surface area contributed by atoms with Crippen molar-refractivity contribution < 1.29 is 13.9 Å². The number of pyridine rings is 1. The number of carbonyl (C=O) groups is 1. The number of halogens is 1. The molecule has 3 rings (SSSR count). The van der Waals surface area contributed by atoms with Crippen molar-refractivity contribution in [2.75, 3.05) is 13.2 Å². The van der Waals surface area contributed by atoms with Crippen LogP contribution in [0, 0.1) is 11.7 Å². The number of hydrogen-bond acceptors (Lipinski definition) is 3. The summed E-state index contributed by atoms with van der Waals surface area (Å²) in [6.07, 6.45) is 6.44. The van der Waals surface area contributed by atoms with Crippen LogP contribution in [-0.2, 0) is 22.4 Å². The zero-order valence-corrected chi connectivity index (χ0v) is 14.2. The van der Waals surface area contributed by atoms with Gasteiger partial charge in [0.1, 0.15) is 5.82 Å². The van der Waals surface area contributed by atoms with E-state index in [4.69, 9.17) is 4.74 Å². The van der Waals surface area contributed by atoms with Crippen LogP contribution in [0.3, 0.4) is 0 Å². The van der Waals surface area contributed by atoms with E-state index in [1.807, 2.05) is 12.1 Å². The average Bonchev–Trinajstić information content (AvgIpc) is 3.04. The number of benzene rings is 1. The third-order valence-corrected chi connectivity index (χ3v) is 4.57. The van der Waals surface area contributed by atoms with E-state index >= 15 is 0 Å². The monoisotopic (exact) mass is 342 g/mol. The fourth-order valence-electron chi connectivity index (χ4n) is 3.16. The SMILES string of the molecule is O=C(CCCc1ccc(F)cc1)N[C@@H]1COC[C@H]1Cc1ccncc1. The van der Waals surface area contributed by atoms with Crippen LogP contribution in [0.1, 0.15) is 24.0 Å². The van der Waals surface area contributed by atoms with Gasteiger partial charge < -0.3 is 10.1 Å². The number of ether oxygens (including phenoxy) is 1. The second-order valence-corrected chi connectivity index (χ2v) is 6.51. The lowest BCUT2D eigenvalue weighted by Gasteiger charge is -2.19. The van der Waals surface area contributed by atoms with Crippen LogP contribution in [0.2, 0.25) is 0 Å². The maximum atomic E-state index is 12.9. The van der Waals surface area contributed by atoms with Gasteiger partial charge in [-0.1, -0.05) is 12.1 Å². The zero-order chi connectivity index (χ0) is 17.5. The Bertz CT molecular complexity index is 676. The highest BCUT2D eigenvalue weighted by molar-refractivity contribution is 5.76. The van der Waals surface area contributed by atoms with Crippen molar-refractivity contribution in [2.45, 2.75) is 31.7 Å². The molecular weight excluding hydrogens is 319 g/mol. The predicted octanol–water partition coefficient (Wildman–Crippen LogP) is 2.92. The van der Waals surface area contributed by atoms with Crippen LogP contribution in [0.4, 0.5) is 4.39 Å². The van der Waals surface area contributed by atoms with Crippen molar-refractivity contribution >= 4 is 5.91 Å². The first-order chi connectivity index (χ1) is 12.2. The number of aryl methyl sites for hydroxylation is 1. The number of nitrogens with one attached hydrogen (secondary N) is 1. The molecule has 0 unspecified atom stereocenters. The molecule has 0 aliphatic carbocycles. The Morgan fingerprint density at radius 3 is 2.64 bits per heavy atom. The van der Waals surface area contributed by atoms with E-state index in [9.17, 15) is 9.18 Å². The molecule has 0 saturated carbocycles. The van der Waals surface area contributed by atoms with Gasteiger partial charge in [0.2, 0.25) is 5.91 Å². The van der Waals surface area contributed by atoms with Crippen molar-refractivity contribution in [3.63, 3.8) is 0 Å². The van der Waals surface area contributed by atoms with Crippen LogP contribution in [0.15, 0.2) is 48.8 Å². The molecule has 1 N–H and O–H groups in total. The second kappa shape index (κ2) is 8.72. The van der Waals surface area contributed by atoms with E-state index in [-0.39, 0.29) is 17.8 Å². The van der Waals surface area contributed by atoms with Crippen LogP contribution in [0.25, 0.3) is 0 Å². The molecule has 1 aliphatic rings. The van der Waals surface area contributed by atoms with E-state index in [1.165, 1.54) is 17.7 Å². The van der Waals surface area contributed by atoms with Gasteiger partial charge in [0.15, 0.2) is 0 Å². The van der Waals surface area contributed by atoms with Gasteiger partial charge in [-0.15, -0.1) is 0 Å². The van der Waals surface area contributed by atoms with Crippen LogP contribution >= 0.6 is 0 Å². The highest BCUT2D eigenvalue weighted by Gasteiger charge is 2.29. The van der Waals surface area contributed by atoms with Gasteiger partial charge in [0.05, 0.1) is 19.3 Å². The summed E-state index contributed by atoms with van der Waals surface area (Å²) in [6, 6.07) is 10.5. The maximum Gasteiger partial charge on any atom is 0.220 e. The van der Waals surface area contributed by atoms with Crippen molar-refractivity contribution in [2.24, 2.45) is 5.92 Å². The van der Waals surface area contributed by atoms with E-state index in [0.29, 0.717) is 25.6 Å². The van der Waals surface area contributed by atoms with Gasteiger partial charge in [-0.2, -0.15) is 0 Å². The molecule has 132 valence electrons. The Kier molecular flexibility index (Phi) is 6.12. The molecule has 1 aromatic heterocycles. The van der Waals surface area contributed by atoms with E-state index in [1.54, 1.807) is 24.5 Å². The smallest absolute Gasteiger partial charge is 0.220 e. The predicted molar refractivity (Wildman–Crippen MR) is 93.5 cm³/mol. The Labute approximate surface area is 147 Å². The first-order valence-electron chi connectivity index (χ1n) is 8.71. The van der Waals surface area contributed by atoms with E-state index in [2.05, 4.69) is 10.3 Å². The number of amides is 1. The van der Waals surface area contributed by atoms with Crippen LogP contribution < -0.4 is 5.32 Å². The summed E-state index contributed by atoms with van der Waals surface area (Å²) in [6.45, 7) is 1.24. The summed E-state index contributed by atoms with van der Waals surface area (Å²) in [5, 5.41) is 3.11. The number of carbonyl (C=O) groups excluding carboxylic acids is 1. The number of hydrogen-bond donors (Lipinski definition) is 1. The third-order valence-electron chi connectivity index (χ3n) is 4.57. The quantitative estimate of drug-likeness (QED) is 0.842. The van der Waals surface area contributed by atoms with Gasteiger partial charge in [0, 0.05) is 24.7 Å². The van der Waals surface area contributed by atoms with Gasteiger partial charge in [-0.05, 0) is 54.7 Å². The highest BCUT2D eigenvalue weighted by Crippen LogP contribution is 2.19. The lowest BCUT2D eigenvalue weighted by Crippen LogP contribution is -2.40. The number of aromatic nitrogens is 1. The lowest BCUT2D eigenvalue weighted by molar-refractivity contribution is -0.122. The minimum absolute atomic E-state index is 0.0531. The molecule has 0 spiro atoms. The molecule has 1 saturated heterocycles. The number of nitrogens with zero attached hydrogens (tertiary/aromatic N) is 1. The first kappa shape index (κ1) is 17.5.